The standard InChI is InChI=1S/C18H25NO5/c1-3-23-18(21)19-10-7-15(8-11-19)17(20)24-12-9-14-5-4-6-16(13-14)22-2/h4-6,13,15H,3,7-12H2,1-2H3. The largest absolute Gasteiger partial charge is 0.497 e. The van der Waals surface area contributed by atoms with E-state index in [1.807, 2.05) is 24.3 Å². The number of ether oxygens (including phenoxy) is 3. The van der Waals surface area contributed by atoms with Crippen LogP contribution in [0.2, 0.25) is 0 Å². The maximum absolute atomic E-state index is 12.1. The summed E-state index contributed by atoms with van der Waals surface area (Å²) in [6.07, 6.45) is 1.60. The van der Waals surface area contributed by atoms with E-state index < -0.39 is 0 Å². The molecular weight excluding hydrogens is 310 g/mol. The van der Waals surface area contributed by atoms with Crippen LogP contribution in [0.1, 0.15) is 25.3 Å². The van der Waals surface area contributed by atoms with E-state index in [2.05, 4.69) is 0 Å². The minimum Gasteiger partial charge on any atom is -0.497 e. The van der Waals surface area contributed by atoms with Gasteiger partial charge in [0, 0.05) is 19.5 Å². The molecule has 1 saturated heterocycles. The van der Waals surface area contributed by atoms with Crippen molar-refractivity contribution >= 4 is 12.1 Å². The molecule has 0 unspecified atom stereocenters. The first-order valence-corrected chi connectivity index (χ1v) is 8.35. The van der Waals surface area contributed by atoms with Gasteiger partial charge >= 0.3 is 12.1 Å². The van der Waals surface area contributed by atoms with Crippen LogP contribution in [0.4, 0.5) is 4.79 Å². The van der Waals surface area contributed by atoms with Gasteiger partial charge < -0.3 is 19.1 Å². The second-order valence-electron chi connectivity index (χ2n) is 5.73. The second-order valence-corrected chi connectivity index (χ2v) is 5.73. The third-order valence-corrected chi connectivity index (χ3v) is 4.12. The third kappa shape index (κ3) is 5.15. The lowest BCUT2D eigenvalue weighted by Crippen LogP contribution is -2.41. The number of hydrogen-bond donors (Lipinski definition) is 0. The Morgan fingerprint density at radius 3 is 2.62 bits per heavy atom. The van der Waals surface area contributed by atoms with Crippen molar-refractivity contribution in [2.24, 2.45) is 5.92 Å². The number of carbonyl (C=O) groups excluding carboxylic acids is 2. The molecule has 0 aromatic heterocycles. The van der Waals surface area contributed by atoms with E-state index in [1.165, 1.54) is 0 Å². The molecule has 1 fully saturated rings. The molecule has 2 rings (SSSR count). The average Bonchev–Trinajstić information content (AvgIpc) is 2.62. The summed E-state index contributed by atoms with van der Waals surface area (Å²) in [6.45, 7) is 3.57. The van der Waals surface area contributed by atoms with Gasteiger partial charge in [0.05, 0.1) is 26.2 Å². The topological polar surface area (TPSA) is 65.1 Å². The fourth-order valence-corrected chi connectivity index (χ4v) is 2.73. The average molecular weight is 335 g/mol. The molecule has 0 saturated carbocycles. The zero-order valence-electron chi connectivity index (χ0n) is 14.3. The molecule has 6 heteroatoms. The van der Waals surface area contributed by atoms with E-state index in [4.69, 9.17) is 14.2 Å². The van der Waals surface area contributed by atoms with Crippen molar-refractivity contribution in [3.8, 4) is 5.75 Å². The first kappa shape index (κ1) is 18.1. The Hall–Kier alpha value is -2.24. The predicted octanol–water partition coefficient (Wildman–Crippen LogP) is 2.65. The Morgan fingerprint density at radius 2 is 1.96 bits per heavy atom. The maximum Gasteiger partial charge on any atom is 0.409 e. The lowest BCUT2D eigenvalue weighted by Gasteiger charge is -2.30. The number of hydrogen-bond acceptors (Lipinski definition) is 5. The van der Waals surface area contributed by atoms with Crippen LogP contribution in [-0.4, -0.2) is 50.4 Å². The zero-order chi connectivity index (χ0) is 17.4. The van der Waals surface area contributed by atoms with Crippen LogP contribution in [0.15, 0.2) is 24.3 Å². The minimum atomic E-state index is -0.303. The molecule has 1 aliphatic heterocycles. The highest BCUT2D eigenvalue weighted by molar-refractivity contribution is 5.73. The Bertz CT molecular complexity index is 552. The highest BCUT2D eigenvalue weighted by atomic mass is 16.6. The Balaban J connectivity index is 1.71. The number of nitrogens with zero attached hydrogens (tertiary/aromatic N) is 1. The molecule has 0 N–H and O–H groups in total. The van der Waals surface area contributed by atoms with Gasteiger partial charge in [-0.1, -0.05) is 12.1 Å². The fraction of sp³-hybridized carbons (Fsp3) is 0.556. The summed E-state index contributed by atoms with van der Waals surface area (Å²) in [6, 6.07) is 7.72. The van der Waals surface area contributed by atoms with Gasteiger partial charge in [0.15, 0.2) is 0 Å². The molecule has 1 aromatic rings. The van der Waals surface area contributed by atoms with Gasteiger partial charge in [-0.05, 0) is 37.5 Å². The SMILES string of the molecule is CCOC(=O)N1CCC(C(=O)OCCc2cccc(OC)c2)CC1. The van der Waals surface area contributed by atoms with Crippen molar-refractivity contribution in [1.29, 1.82) is 0 Å². The predicted molar refractivity (Wildman–Crippen MR) is 89.0 cm³/mol. The van der Waals surface area contributed by atoms with Crippen LogP contribution < -0.4 is 4.74 Å². The molecule has 0 radical (unpaired) electrons. The number of rotatable bonds is 6. The molecule has 6 nitrogen and oxygen atoms in total. The van der Waals surface area contributed by atoms with Gasteiger partial charge in [0.25, 0.3) is 0 Å². The molecule has 1 heterocycles. The number of likely N-dealkylation sites (tertiary alicyclic amines) is 1. The van der Waals surface area contributed by atoms with Crippen LogP contribution in [-0.2, 0) is 20.7 Å². The Labute approximate surface area is 142 Å². The third-order valence-electron chi connectivity index (χ3n) is 4.12. The minimum absolute atomic E-state index is 0.138. The summed E-state index contributed by atoms with van der Waals surface area (Å²) in [4.78, 5) is 25.4. The number of amides is 1. The van der Waals surface area contributed by atoms with E-state index in [-0.39, 0.29) is 18.0 Å². The smallest absolute Gasteiger partial charge is 0.409 e. The lowest BCUT2D eigenvalue weighted by molar-refractivity contribution is -0.150. The van der Waals surface area contributed by atoms with Crippen molar-refractivity contribution in [3.63, 3.8) is 0 Å². The first-order chi connectivity index (χ1) is 11.6. The normalized spacial score (nSPS) is 15.0. The molecule has 1 aromatic carbocycles. The maximum atomic E-state index is 12.1. The van der Waals surface area contributed by atoms with Gasteiger partial charge in [-0.15, -0.1) is 0 Å². The number of esters is 1. The van der Waals surface area contributed by atoms with Gasteiger partial charge in [-0.2, -0.15) is 0 Å². The quantitative estimate of drug-likeness (QED) is 0.748. The zero-order valence-corrected chi connectivity index (χ0v) is 14.3. The monoisotopic (exact) mass is 335 g/mol. The lowest BCUT2D eigenvalue weighted by atomic mass is 9.97. The summed E-state index contributed by atoms with van der Waals surface area (Å²) in [5, 5.41) is 0. The highest BCUT2D eigenvalue weighted by Gasteiger charge is 2.28. The Morgan fingerprint density at radius 1 is 1.21 bits per heavy atom. The van der Waals surface area contributed by atoms with Crippen LogP contribution in [0.3, 0.4) is 0 Å². The van der Waals surface area contributed by atoms with E-state index in [0.717, 1.165) is 11.3 Å². The van der Waals surface area contributed by atoms with E-state index in [0.29, 0.717) is 45.6 Å². The van der Waals surface area contributed by atoms with E-state index in [9.17, 15) is 9.59 Å². The molecule has 1 amide bonds. The van der Waals surface area contributed by atoms with Crippen LogP contribution >= 0.6 is 0 Å². The summed E-state index contributed by atoms with van der Waals surface area (Å²) in [5.41, 5.74) is 1.07. The van der Waals surface area contributed by atoms with Crippen LogP contribution in [0, 0.1) is 5.92 Å². The molecule has 0 aliphatic carbocycles. The summed E-state index contributed by atoms with van der Waals surface area (Å²) >= 11 is 0. The summed E-state index contributed by atoms with van der Waals surface area (Å²) < 4.78 is 15.5. The van der Waals surface area contributed by atoms with Crippen molar-refractivity contribution in [3.05, 3.63) is 29.8 Å². The number of methoxy groups -OCH3 is 1. The van der Waals surface area contributed by atoms with E-state index in [1.54, 1.807) is 18.9 Å². The highest BCUT2D eigenvalue weighted by Crippen LogP contribution is 2.19. The van der Waals surface area contributed by atoms with Crippen molar-refractivity contribution in [2.45, 2.75) is 26.2 Å². The van der Waals surface area contributed by atoms with Crippen LogP contribution in [0.25, 0.3) is 0 Å². The summed E-state index contributed by atoms with van der Waals surface area (Å²) in [7, 11) is 1.63. The Kier molecular flexibility index (Phi) is 6.90. The van der Waals surface area contributed by atoms with Crippen LogP contribution in [0.5, 0.6) is 5.75 Å². The molecule has 132 valence electrons. The van der Waals surface area contributed by atoms with E-state index >= 15 is 0 Å². The number of carbonyl (C=O) groups is 2. The van der Waals surface area contributed by atoms with Crippen molar-refractivity contribution in [2.75, 3.05) is 33.4 Å². The fourth-order valence-electron chi connectivity index (χ4n) is 2.73. The van der Waals surface area contributed by atoms with Gasteiger partial charge in [-0.3, -0.25) is 4.79 Å². The van der Waals surface area contributed by atoms with Crippen molar-refractivity contribution in [1.82, 2.24) is 4.90 Å². The summed E-state index contributed by atoms with van der Waals surface area (Å²) in [5.74, 6) is 0.479. The molecule has 1 aliphatic rings. The van der Waals surface area contributed by atoms with Crippen molar-refractivity contribution < 1.29 is 23.8 Å². The molecule has 0 spiro atoms. The number of piperidine rings is 1. The van der Waals surface area contributed by atoms with Gasteiger partial charge in [0.2, 0.25) is 0 Å². The molecule has 0 bridgehead atoms. The molecule has 0 atom stereocenters. The van der Waals surface area contributed by atoms with Gasteiger partial charge in [0.1, 0.15) is 5.75 Å². The molecular formula is C18H25NO5. The molecule has 24 heavy (non-hydrogen) atoms. The number of benzene rings is 1. The second kappa shape index (κ2) is 9.15. The first-order valence-electron chi connectivity index (χ1n) is 8.35. The van der Waals surface area contributed by atoms with Gasteiger partial charge in [-0.25, -0.2) is 4.79 Å².